The molecule has 0 unspecified atom stereocenters. The Labute approximate surface area is 131 Å². The van der Waals surface area contributed by atoms with Gasteiger partial charge in [0.05, 0.1) is 11.7 Å². The monoisotopic (exact) mass is 334 g/mol. The van der Waals surface area contributed by atoms with E-state index in [4.69, 9.17) is 0 Å². The molecule has 2 N–H and O–H groups in total. The Morgan fingerprint density at radius 3 is 2.74 bits per heavy atom. The van der Waals surface area contributed by atoms with Crippen molar-refractivity contribution in [1.82, 2.24) is 4.90 Å². The number of alkyl halides is 3. The number of amides is 1. The summed E-state index contributed by atoms with van der Waals surface area (Å²) in [6.07, 6.45) is -3.75. The van der Waals surface area contributed by atoms with Gasteiger partial charge in [-0.1, -0.05) is 0 Å². The zero-order valence-corrected chi connectivity index (χ0v) is 12.4. The standard InChI is InChI=1S/C15H18F4N2O2/c16-13-4-3-10(8-12(13)15(17,18)19)20-14(23)2-1-6-21-7-5-11(22)9-21/h3-4,8,11,22H,1-2,5-7,9H2,(H,20,23)/t11-/m0/s1. The molecule has 0 aromatic heterocycles. The highest BCUT2D eigenvalue weighted by Crippen LogP contribution is 2.33. The largest absolute Gasteiger partial charge is 0.419 e. The molecule has 0 spiro atoms. The minimum atomic E-state index is -4.80. The first-order valence-electron chi connectivity index (χ1n) is 7.33. The number of hydrogen-bond acceptors (Lipinski definition) is 3. The zero-order valence-electron chi connectivity index (χ0n) is 12.4. The Bertz CT molecular complexity index is 563. The summed E-state index contributed by atoms with van der Waals surface area (Å²) in [5, 5.41) is 11.7. The number of aliphatic hydroxyl groups is 1. The number of β-amino-alcohol motifs (C(OH)–C–C–N with tert-alkyl or cyclic N) is 1. The van der Waals surface area contributed by atoms with Crippen molar-refractivity contribution in [3.8, 4) is 0 Å². The maximum absolute atomic E-state index is 13.2. The quantitative estimate of drug-likeness (QED) is 0.814. The van der Waals surface area contributed by atoms with Gasteiger partial charge in [0.2, 0.25) is 5.91 Å². The Hall–Kier alpha value is -1.67. The van der Waals surface area contributed by atoms with E-state index in [1.807, 2.05) is 4.90 Å². The van der Waals surface area contributed by atoms with E-state index in [0.29, 0.717) is 38.1 Å². The van der Waals surface area contributed by atoms with Gasteiger partial charge in [-0.25, -0.2) is 4.39 Å². The van der Waals surface area contributed by atoms with Gasteiger partial charge in [0, 0.05) is 25.2 Å². The molecule has 0 bridgehead atoms. The molecule has 4 nitrogen and oxygen atoms in total. The lowest BCUT2D eigenvalue weighted by molar-refractivity contribution is -0.140. The minimum Gasteiger partial charge on any atom is -0.392 e. The predicted molar refractivity (Wildman–Crippen MR) is 76.3 cm³/mol. The van der Waals surface area contributed by atoms with Crippen molar-refractivity contribution in [2.75, 3.05) is 25.0 Å². The topological polar surface area (TPSA) is 52.6 Å². The van der Waals surface area contributed by atoms with E-state index in [1.165, 1.54) is 0 Å². The average Bonchev–Trinajstić information content (AvgIpc) is 2.85. The minimum absolute atomic E-state index is 0.0830. The van der Waals surface area contributed by atoms with E-state index in [1.54, 1.807) is 0 Å². The Morgan fingerprint density at radius 2 is 2.13 bits per heavy atom. The summed E-state index contributed by atoms with van der Waals surface area (Å²) in [4.78, 5) is 13.8. The van der Waals surface area contributed by atoms with Crippen LogP contribution in [0.4, 0.5) is 23.2 Å². The number of nitrogens with one attached hydrogen (secondary N) is 1. The number of carbonyl (C=O) groups excluding carboxylic acids is 1. The van der Waals surface area contributed by atoms with Crippen molar-refractivity contribution < 1.29 is 27.5 Å². The Balaban J connectivity index is 1.83. The van der Waals surface area contributed by atoms with Gasteiger partial charge < -0.3 is 15.3 Å². The molecule has 0 saturated carbocycles. The first-order valence-corrected chi connectivity index (χ1v) is 7.33. The van der Waals surface area contributed by atoms with Gasteiger partial charge in [-0.3, -0.25) is 4.79 Å². The molecule has 1 aromatic carbocycles. The Morgan fingerprint density at radius 1 is 1.39 bits per heavy atom. The van der Waals surface area contributed by atoms with Crippen LogP contribution in [0, 0.1) is 5.82 Å². The Kier molecular flexibility index (Phi) is 5.59. The van der Waals surface area contributed by atoms with Gasteiger partial charge in [-0.15, -0.1) is 0 Å². The van der Waals surface area contributed by atoms with E-state index in [2.05, 4.69) is 5.32 Å². The molecular formula is C15H18F4N2O2. The van der Waals surface area contributed by atoms with E-state index >= 15 is 0 Å². The van der Waals surface area contributed by atoms with E-state index in [-0.39, 0.29) is 18.2 Å². The summed E-state index contributed by atoms with van der Waals surface area (Å²) in [7, 11) is 0. The summed E-state index contributed by atoms with van der Waals surface area (Å²) in [5.74, 6) is -1.80. The summed E-state index contributed by atoms with van der Waals surface area (Å²) in [6.45, 7) is 1.99. The van der Waals surface area contributed by atoms with Gasteiger partial charge in [-0.05, 0) is 37.6 Å². The van der Waals surface area contributed by atoms with Crippen LogP contribution < -0.4 is 5.32 Å². The highest BCUT2D eigenvalue weighted by Gasteiger charge is 2.34. The highest BCUT2D eigenvalue weighted by atomic mass is 19.4. The molecule has 128 valence electrons. The molecule has 1 aromatic rings. The first-order chi connectivity index (χ1) is 10.8. The second kappa shape index (κ2) is 7.27. The zero-order chi connectivity index (χ0) is 17.0. The van der Waals surface area contributed by atoms with Crippen molar-refractivity contribution in [2.45, 2.75) is 31.5 Å². The van der Waals surface area contributed by atoms with E-state index in [9.17, 15) is 27.5 Å². The van der Waals surface area contributed by atoms with Crippen LogP contribution >= 0.6 is 0 Å². The molecule has 1 saturated heterocycles. The highest BCUT2D eigenvalue weighted by molar-refractivity contribution is 5.90. The van der Waals surface area contributed by atoms with Gasteiger partial charge in [0.15, 0.2) is 0 Å². The second-order valence-corrected chi connectivity index (χ2v) is 5.59. The molecule has 1 amide bonds. The summed E-state index contributed by atoms with van der Waals surface area (Å²) in [5.41, 5.74) is -1.48. The maximum atomic E-state index is 13.2. The molecular weight excluding hydrogens is 316 g/mol. The fourth-order valence-corrected chi connectivity index (χ4v) is 2.52. The lowest BCUT2D eigenvalue weighted by Gasteiger charge is -2.14. The number of hydrogen-bond donors (Lipinski definition) is 2. The van der Waals surface area contributed by atoms with Crippen molar-refractivity contribution in [3.05, 3.63) is 29.6 Å². The van der Waals surface area contributed by atoms with Crippen molar-refractivity contribution in [2.24, 2.45) is 0 Å². The lowest BCUT2D eigenvalue weighted by Crippen LogP contribution is -2.24. The average molecular weight is 334 g/mol. The van der Waals surface area contributed by atoms with Gasteiger partial charge >= 0.3 is 6.18 Å². The number of benzene rings is 1. The van der Waals surface area contributed by atoms with E-state index in [0.717, 1.165) is 12.6 Å². The SMILES string of the molecule is O=C(CCCN1CC[C@H](O)C1)Nc1ccc(F)c(C(F)(F)F)c1. The van der Waals surface area contributed by atoms with Crippen LogP contribution in [0.15, 0.2) is 18.2 Å². The van der Waals surface area contributed by atoms with Crippen LogP contribution in [-0.4, -0.2) is 41.7 Å². The predicted octanol–water partition coefficient (Wildman–Crippen LogP) is 2.63. The fourth-order valence-electron chi connectivity index (χ4n) is 2.52. The number of anilines is 1. The molecule has 2 rings (SSSR count). The number of carbonyl (C=O) groups is 1. The van der Waals surface area contributed by atoms with Crippen LogP contribution in [0.5, 0.6) is 0 Å². The van der Waals surface area contributed by atoms with Crippen LogP contribution in [0.2, 0.25) is 0 Å². The van der Waals surface area contributed by atoms with Crippen LogP contribution in [0.25, 0.3) is 0 Å². The number of aliphatic hydroxyl groups excluding tert-OH is 1. The van der Waals surface area contributed by atoms with Gasteiger partial charge in [-0.2, -0.15) is 13.2 Å². The molecule has 1 atom stereocenters. The molecule has 0 radical (unpaired) electrons. The third-order valence-corrected chi connectivity index (χ3v) is 3.68. The van der Waals surface area contributed by atoms with Crippen LogP contribution in [0.3, 0.4) is 0 Å². The third-order valence-electron chi connectivity index (χ3n) is 3.68. The van der Waals surface area contributed by atoms with Crippen molar-refractivity contribution in [1.29, 1.82) is 0 Å². The molecule has 0 aliphatic carbocycles. The normalized spacial score (nSPS) is 19.1. The number of halogens is 4. The molecule has 8 heteroatoms. The molecule has 1 heterocycles. The number of likely N-dealkylation sites (tertiary alicyclic amines) is 1. The third kappa shape index (κ3) is 5.18. The van der Waals surface area contributed by atoms with Crippen LogP contribution in [-0.2, 0) is 11.0 Å². The summed E-state index contributed by atoms with van der Waals surface area (Å²) >= 11 is 0. The van der Waals surface area contributed by atoms with Crippen molar-refractivity contribution >= 4 is 11.6 Å². The molecule has 23 heavy (non-hydrogen) atoms. The summed E-state index contributed by atoms with van der Waals surface area (Å²) in [6, 6.07) is 2.37. The molecule has 1 aliphatic heterocycles. The van der Waals surface area contributed by atoms with Crippen molar-refractivity contribution in [3.63, 3.8) is 0 Å². The lowest BCUT2D eigenvalue weighted by atomic mass is 10.1. The number of nitrogens with zero attached hydrogens (tertiary/aromatic N) is 1. The van der Waals surface area contributed by atoms with E-state index < -0.39 is 23.5 Å². The van der Waals surface area contributed by atoms with Crippen LogP contribution in [0.1, 0.15) is 24.8 Å². The maximum Gasteiger partial charge on any atom is 0.419 e. The van der Waals surface area contributed by atoms with Gasteiger partial charge in [0.25, 0.3) is 0 Å². The molecule has 1 fully saturated rings. The smallest absolute Gasteiger partial charge is 0.392 e. The number of rotatable bonds is 5. The summed E-state index contributed by atoms with van der Waals surface area (Å²) < 4.78 is 50.9. The fraction of sp³-hybridized carbons (Fsp3) is 0.533. The molecule has 1 aliphatic rings. The first kappa shape index (κ1) is 17.7. The second-order valence-electron chi connectivity index (χ2n) is 5.59. The van der Waals surface area contributed by atoms with Gasteiger partial charge in [0.1, 0.15) is 5.82 Å².